The molecule has 0 aliphatic carbocycles. The summed E-state index contributed by atoms with van der Waals surface area (Å²) in [6, 6.07) is 5.10. The van der Waals surface area contributed by atoms with Crippen molar-refractivity contribution < 1.29 is 4.79 Å². The Morgan fingerprint density at radius 3 is 3.00 bits per heavy atom. The minimum absolute atomic E-state index is 0.307. The van der Waals surface area contributed by atoms with Crippen molar-refractivity contribution in [2.75, 3.05) is 0 Å². The zero-order chi connectivity index (χ0) is 15.9. The van der Waals surface area contributed by atoms with Gasteiger partial charge >= 0.3 is 0 Å². The van der Waals surface area contributed by atoms with Gasteiger partial charge in [0.1, 0.15) is 10.8 Å². The molecule has 1 amide bonds. The molecule has 2 aromatic rings. The number of pyridine rings is 1. The smallest absolute Gasteiger partial charge is 0.266 e. The number of hydrogen-bond donors (Lipinski definition) is 1. The fourth-order valence-corrected chi connectivity index (χ4v) is 2.19. The van der Waals surface area contributed by atoms with Crippen LogP contribution in [0.4, 0.5) is 0 Å². The number of aryl methyl sites for hydroxylation is 2. The quantitative estimate of drug-likeness (QED) is 0.657. The lowest BCUT2D eigenvalue weighted by molar-refractivity contribution is 0.0950. The number of unbranched alkanes of at least 4 members (excludes halogenated alkanes) is 1. The van der Waals surface area contributed by atoms with E-state index in [1.807, 2.05) is 6.92 Å². The average molecular weight is 320 g/mol. The van der Waals surface area contributed by atoms with Crippen LogP contribution >= 0.6 is 11.6 Å². The first-order chi connectivity index (χ1) is 10.6. The molecule has 6 nitrogen and oxygen atoms in total. The van der Waals surface area contributed by atoms with Crippen molar-refractivity contribution in [1.82, 2.24) is 20.2 Å². The number of hydrogen-bond acceptors (Lipinski definition) is 4. The second kappa shape index (κ2) is 7.70. The second-order valence-electron chi connectivity index (χ2n) is 4.78. The van der Waals surface area contributed by atoms with E-state index in [1.54, 1.807) is 29.1 Å². The number of halogens is 1. The molecule has 0 saturated carbocycles. The maximum atomic E-state index is 11.8. The first-order valence-corrected chi connectivity index (χ1v) is 7.48. The molecule has 0 aliphatic heterocycles. The number of carbonyl (C=O) groups is 1. The summed E-state index contributed by atoms with van der Waals surface area (Å²) >= 11 is 6.28. The molecule has 2 aromatic heterocycles. The van der Waals surface area contributed by atoms with Gasteiger partial charge in [0.15, 0.2) is 0 Å². The Morgan fingerprint density at radius 1 is 1.50 bits per heavy atom. The highest BCUT2D eigenvalue weighted by Crippen LogP contribution is 2.18. The Bertz CT molecular complexity index is 666. The fourth-order valence-electron chi connectivity index (χ4n) is 1.88. The number of carbonyl (C=O) groups excluding carboxylic acids is 1. The van der Waals surface area contributed by atoms with Crippen molar-refractivity contribution >= 4 is 23.7 Å². The van der Waals surface area contributed by atoms with Crippen molar-refractivity contribution in [3.05, 3.63) is 46.5 Å². The summed E-state index contributed by atoms with van der Waals surface area (Å²) in [5.41, 5.74) is 4.22. The molecule has 0 fully saturated rings. The molecule has 22 heavy (non-hydrogen) atoms. The summed E-state index contributed by atoms with van der Waals surface area (Å²) in [6.07, 6.45) is 5.14. The fraction of sp³-hybridized carbons (Fsp3) is 0.333. The molecule has 0 atom stereocenters. The zero-order valence-electron chi connectivity index (χ0n) is 12.6. The summed E-state index contributed by atoms with van der Waals surface area (Å²) in [6.45, 7) is 4.74. The van der Waals surface area contributed by atoms with Crippen LogP contribution in [0.2, 0.25) is 5.15 Å². The number of aromatic nitrogens is 3. The molecule has 0 spiro atoms. The van der Waals surface area contributed by atoms with Gasteiger partial charge < -0.3 is 0 Å². The third-order valence-corrected chi connectivity index (χ3v) is 3.49. The van der Waals surface area contributed by atoms with Gasteiger partial charge in [-0.3, -0.25) is 14.5 Å². The van der Waals surface area contributed by atoms with E-state index in [-0.39, 0.29) is 5.91 Å². The summed E-state index contributed by atoms with van der Waals surface area (Å²) in [7, 11) is 0. The number of nitrogens with one attached hydrogen (secondary N) is 1. The zero-order valence-corrected chi connectivity index (χ0v) is 13.3. The van der Waals surface area contributed by atoms with Crippen LogP contribution in [-0.4, -0.2) is 26.9 Å². The third-order valence-electron chi connectivity index (χ3n) is 3.09. The highest BCUT2D eigenvalue weighted by atomic mass is 35.5. The Hall–Kier alpha value is -2.21. The molecule has 0 saturated heterocycles. The van der Waals surface area contributed by atoms with Crippen LogP contribution in [0, 0.1) is 6.92 Å². The van der Waals surface area contributed by atoms with Crippen LogP contribution < -0.4 is 5.43 Å². The van der Waals surface area contributed by atoms with Gasteiger partial charge in [-0.15, -0.1) is 0 Å². The highest BCUT2D eigenvalue weighted by molar-refractivity contribution is 6.32. The van der Waals surface area contributed by atoms with Gasteiger partial charge in [-0.25, -0.2) is 5.43 Å². The predicted molar refractivity (Wildman–Crippen MR) is 86.2 cm³/mol. The molecule has 0 bridgehead atoms. The van der Waals surface area contributed by atoms with Gasteiger partial charge in [0.25, 0.3) is 5.91 Å². The van der Waals surface area contributed by atoms with E-state index in [1.165, 1.54) is 6.21 Å². The van der Waals surface area contributed by atoms with Gasteiger partial charge in [-0.2, -0.15) is 10.2 Å². The van der Waals surface area contributed by atoms with Gasteiger partial charge in [0, 0.05) is 12.7 Å². The van der Waals surface area contributed by atoms with Gasteiger partial charge in [-0.1, -0.05) is 31.0 Å². The van der Waals surface area contributed by atoms with Gasteiger partial charge in [0.05, 0.1) is 17.5 Å². The largest absolute Gasteiger partial charge is 0.289 e. The van der Waals surface area contributed by atoms with E-state index in [4.69, 9.17) is 11.6 Å². The topological polar surface area (TPSA) is 72.2 Å². The van der Waals surface area contributed by atoms with Crippen molar-refractivity contribution in [2.24, 2.45) is 5.10 Å². The molecule has 0 radical (unpaired) electrons. The van der Waals surface area contributed by atoms with E-state index in [0.717, 1.165) is 25.1 Å². The number of nitrogens with zero attached hydrogens (tertiary/aromatic N) is 4. The lowest BCUT2D eigenvalue weighted by Crippen LogP contribution is -2.18. The SMILES string of the molecule is CCCCn1nc(C)c(/C=N\NC(=O)c2ccccn2)c1Cl. The van der Waals surface area contributed by atoms with E-state index in [9.17, 15) is 4.79 Å². The van der Waals surface area contributed by atoms with Crippen LogP contribution in [0.3, 0.4) is 0 Å². The maximum absolute atomic E-state index is 11.8. The monoisotopic (exact) mass is 319 g/mol. The van der Waals surface area contributed by atoms with Crippen LogP contribution in [0.15, 0.2) is 29.5 Å². The second-order valence-corrected chi connectivity index (χ2v) is 5.14. The van der Waals surface area contributed by atoms with Crippen LogP contribution in [0.25, 0.3) is 0 Å². The number of rotatable bonds is 6. The molecule has 0 aromatic carbocycles. The molecule has 1 N–H and O–H groups in total. The summed E-state index contributed by atoms with van der Waals surface area (Å²) in [5.74, 6) is -0.371. The summed E-state index contributed by atoms with van der Waals surface area (Å²) in [5, 5.41) is 8.83. The molecule has 7 heteroatoms. The predicted octanol–water partition coefficient (Wildman–Crippen LogP) is 2.80. The van der Waals surface area contributed by atoms with Crippen molar-refractivity contribution in [2.45, 2.75) is 33.2 Å². The molecule has 0 aliphatic rings. The Kier molecular flexibility index (Phi) is 5.66. The van der Waals surface area contributed by atoms with Gasteiger partial charge in [0.2, 0.25) is 0 Å². The lowest BCUT2D eigenvalue weighted by atomic mass is 10.3. The Balaban J connectivity index is 2.04. The van der Waals surface area contributed by atoms with E-state index in [0.29, 0.717) is 16.4 Å². The van der Waals surface area contributed by atoms with Gasteiger partial charge in [-0.05, 0) is 25.5 Å². The van der Waals surface area contributed by atoms with Crippen molar-refractivity contribution in [3.8, 4) is 0 Å². The first-order valence-electron chi connectivity index (χ1n) is 7.10. The molecular formula is C15H18ClN5O. The third kappa shape index (κ3) is 3.92. The number of hydrazone groups is 1. The lowest BCUT2D eigenvalue weighted by Gasteiger charge is -2.00. The molecule has 116 valence electrons. The summed E-state index contributed by atoms with van der Waals surface area (Å²) in [4.78, 5) is 15.8. The minimum Gasteiger partial charge on any atom is -0.266 e. The molecule has 0 unspecified atom stereocenters. The standard InChI is InChI=1S/C15H18ClN5O/c1-3-4-9-21-14(16)12(11(2)20-21)10-18-19-15(22)13-7-5-6-8-17-13/h5-8,10H,3-4,9H2,1-2H3,(H,19,22)/b18-10-. The molecular weight excluding hydrogens is 302 g/mol. The number of amides is 1. The van der Waals surface area contributed by atoms with Crippen LogP contribution in [-0.2, 0) is 6.54 Å². The van der Waals surface area contributed by atoms with Crippen molar-refractivity contribution in [3.63, 3.8) is 0 Å². The average Bonchev–Trinajstić information content (AvgIpc) is 2.81. The maximum Gasteiger partial charge on any atom is 0.289 e. The summed E-state index contributed by atoms with van der Waals surface area (Å²) < 4.78 is 1.75. The van der Waals surface area contributed by atoms with Crippen LogP contribution in [0.1, 0.15) is 41.5 Å². The molecule has 2 rings (SSSR count). The Morgan fingerprint density at radius 2 is 2.32 bits per heavy atom. The van der Waals surface area contributed by atoms with E-state index >= 15 is 0 Å². The molecule has 2 heterocycles. The van der Waals surface area contributed by atoms with Crippen molar-refractivity contribution in [1.29, 1.82) is 0 Å². The normalized spacial score (nSPS) is 11.0. The first kappa shape index (κ1) is 16.2. The van der Waals surface area contributed by atoms with Crippen LogP contribution in [0.5, 0.6) is 0 Å². The van der Waals surface area contributed by atoms with E-state index < -0.39 is 0 Å². The van der Waals surface area contributed by atoms with E-state index in [2.05, 4.69) is 27.5 Å². The Labute approximate surface area is 134 Å². The highest BCUT2D eigenvalue weighted by Gasteiger charge is 2.11. The minimum atomic E-state index is -0.371.